The minimum atomic E-state index is 0.191. The van der Waals surface area contributed by atoms with Gasteiger partial charge < -0.3 is 5.32 Å². The molecule has 0 atom stereocenters. The predicted molar refractivity (Wildman–Crippen MR) is 50.4 cm³/mol. The van der Waals surface area contributed by atoms with Crippen LogP contribution in [0.3, 0.4) is 0 Å². The van der Waals surface area contributed by atoms with Crippen molar-refractivity contribution in [3.8, 4) is 0 Å². The lowest BCUT2D eigenvalue weighted by atomic mass is 10.3. The second kappa shape index (κ2) is 2.90. The summed E-state index contributed by atoms with van der Waals surface area (Å²) in [5.74, 6) is 0.487. The molecule has 1 fully saturated rings. The first-order valence-corrected chi connectivity index (χ1v) is 5.05. The molecule has 3 heteroatoms. The Morgan fingerprint density at radius 2 is 2.33 bits per heavy atom. The van der Waals surface area contributed by atoms with Crippen molar-refractivity contribution in [3.63, 3.8) is 0 Å². The van der Waals surface area contributed by atoms with Gasteiger partial charge in [0.1, 0.15) is 0 Å². The molecule has 1 aromatic heterocycles. The molecule has 1 amide bonds. The Hall–Kier alpha value is -0.830. The first-order valence-electron chi connectivity index (χ1n) is 4.11. The van der Waals surface area contributed by atoms with Crippen molar-refractivity contribution in [2.45, 2.75) is 19.8 Å². The minimum absolute atomic E-state index is 0.191. The first-order chi connectivity index (χ1) is 5.77. The molecule has 0 aliphatic heterocycles. The fraction of sp³-hybridized carbons (Fsp3) is 0.444. The summed E-state index contributed by atoms with van der Waals surface area (Å²) in [7, 11) is 0. The van der Waals surface area contributed by atoms with Crippen LogP contribution in [0.2, 0.25) is 0 Å². The predicted octanol–water partition coefficient (Wildman–Crippen LogP) is 2.41. The van der Waals surface area contributed by atoms with Crippen LogP contribution in [-0.4, -0.2) is 5.91 Å². The highest BCUT2D eigenvalue weighted by molar-refractivity contribution is 7.08. The lowest BCUT2D eigenvalue weighted by Crippen LogP contribution is -2.13. The quantitative estimate of drug-likeness (QED) is 0.745. The number of nitrogens with one attached hydrogen (secondary N) is 1. The van der Waals surface area contributed by atoms with Crippen molar-refractivity contribution in [3.05, 3.63) is 16.3 Å². The maximum atomic E-state index is 11.3. The summed E-state index contributed by atoms with van der Waals surface area (Å²) >= 11 is 1.63. The van der Waals surface area contributed by atoms with Gasteiger partial charge in [-0.15, -0.1) is 11.3 Å². The van der Waals surface area contributed by atoms with E-state index in [9.17, 15) is 4.79 Å². The molecule has 0 radical (unpaired) electrons. The van der Waals surface area contributed by atoms with Crippen LogP contribution in [0.5, 0.6) is 0 Å². The van der Waals surface area contributed by atoms with Gasteiger partial charge in [-0.2, -0.15) is 0 Å². The molecule has 12 heavy (non-hydrogen) atoms. The molecular weight excluding hydrogens is 170 g/mol. The Morgan fingerprint density at radius 3 is 2.83 bits per heavy atom. The second-order valence-corrected chi connectivity index (χ2v) is 3.98. The standard InChI is InChI=1S/C9H11NOS/c1-6-4-12-5-8(6)10-9(11)7-2-3-7/h4-5,7H,2-3H2,1H3,(H,10,11). The number of carbonyl (C=O) groups excluding carboxylic acids is 1. The molecule has 2 nitrogen and oxygen atoms in total. The van der Waals surface area contributed by atoms with Gasteiger partial charge in [0, 0.05) is 11.3 Å². The van der Waals surface area contributed by atoms with E-state index < -0.39 is 0 Å². The number of amides is 1. The summed E-state index contributed by atoms with van der Waals surface area (Å²) in [6.45, 7) is 2.01. The highest BCUT2D eigenvalue weighted by Crippen LogP contribution is 2.31. The topological polar surface area (TPSA) is 29.1 Å². The zero-order chi connectivity index (χ0) is 8.55. The lowest BCUT2D eigenvalue weighted by Gasteiger charge is -2.01. The van der Waals surface area contributed by atoms with Crippen molar-refractivity contribution < 1.29 is 4.79 Å². The fourth-order valence-electron chi connectivity index (χ4n) is 1.07. The van der Waals surface area contributed by atoms with E-state index in [0.29, 0.717) is 5.92 Å². The minimum Gasteiger partial charge on any atom is -0.325 e. The summed E-state index contributed by atoms with van der Waals surface area (Å²) in [5.41, 5.74) is 2.14. The van der Waals surface area contributed by atoms with Gasteiger partial charge in [-0.3, -0.25) is 4.79 Å². The van der Waals surface area contributed by atoms with E-state index in [-0.39, 0.29) is 5.91 Å². The molecule has 0 saturated heterocycles. The van der Waals surface area contributed by atoms with Gasteiger partial charge in [-0.05, 0) is 30.7 Å². The van der Waals surface area contributed by atoms with Crippen LogP contribution in [-0.2, 0) is 4.79 Å². The largest absolute Gasteiger partial charge is 0.325 e. The molecular formula is C9H11NOS. The Kier molecular flexibility index (Phi) is 1.89. The van der Waals surface area contributed by atoms with Gasteiger partial charge in [0.05, 0.1) is 5.69 Å². The maximum absolute atomic E-state index is 11.3. The number of rotatable bonds is 2. The first kappa shape index (κ1) is 7.80. The zero-order valence-electron chi connectivity index (χ0n) is 6.96. The van der Waals surface area contributed by atoms with Crippen LogP contribution in [0.25, 0.3) is 0 Å². The normalized spacial score (nSPS) is 16.1. The number of thiophene rings is 1. The highest BCUT2D eigenvalue weighted by Gasteiger charge is 2.29. The maximum Gasteiger partial charge on any atom is 0.227 e. The van der Waals surface area contributed by atoms with Crippen LogP contribution < -0.4 is 5.32 Å². The smallest absolute Gasteiger partial charge is 0.227 e. The molecule has 1 N–H and O–H groups in total. The van der Waals surface area contributed by atoms with Crippen molar-refractivity contribution in [1.82, 2.24) is 0 Å². The van der Waals surface area contributed by atoms with Gasteiger partial charge in [0.2, 0.25) is 5.91 Å². The monoisotopic (exact) mass is 181 g/mol. The number of hydrogen-bond acceptors (Lipinski definition) is 2. The van der Waals surface area contributed by atoms with E-state index in [4.69, 9.17) is 0 Å². The van der Waals surface area contributed by atoms with E-state index in [1.54, 1.807) is 11.3 Å². The van der Waals surface area contributed by atoms with Crippen molar-refractivity contribution >= 4 is 22.9 Å². The summed E-state index contributed by atoms with van der Waals surface area (Å²) in [5, 5.41) is 6.95. The van der Waals surface area contributed by atoms with E-state index in [1.807, 2.05) is 17.7 Å². The second-order valence-electron chi connectivity index (χ2n) is 3.23. The molecule has 1 aromatic rings. The lowest BCUT2D eigenvalue weighted by molar-refractivity contribution is -0.117. The highest BCUT2D eigenvalue weighted by atomic mass is 32.1. The van der Waals surface area contributed by atoms with Crippen LogP contribution >= 0.6 is 11.3 Å². The molecule has 0 unspecified atom stereocenters. The van der Waals surface area contributed by atoms with Crippen LogP contribution in [0, 0.1) is 12.8 Å². The molecule has 0 spiro atoms. The Labute approximate surface area is 75.6 Å². The van der Waals surface area contributed by atoms with E-state index in [2.05, 4.69) is 5.32 Å². The van der Waals surface area contributed by atoms with Crippen molar-refractivity contribution in [2.75, 3.05) is 5.32 Å². The molecule has 1 saturated carbocycles. The Bertz CT molecular complexity index is 301. The summed E-state index contributed by atoms with van der Waals surface area (Å²) < 4.78 is 0. The molecule has 1 aliphatic carbocycles. The molecule has 0 aromatic carbocycles. The number of aryl methyl sites for hydroxylation is 1. The molecule has 2 rings (SSSR count). The third-order valence-corrected chi connectivity index (χ3v) is 2.92. The summed E-state index contributed by atoms with van der Waals surface area (Å²) in [4.78, 5) is 11.3. The van der Waals surface area contributed by atoms with Gasteiger partial charge >= 0.3 is 0 Å². The average molecular weight is 181 g/mol. The SMILES string of the molecule is Cc1cscc1NC(=O)C1CC1. The Morgan fingerprint density at radius 1 is 1.58 bits per heavy atom. The van der Waals surface area contributed by atoms with Gasteiger partial charge in [0.25, 0.3) is 0 Å². The third-order valence-electron chi connectivity index (χ3n) is 2.06. The van der Waals surface area contributed by atoms with Gasteiger partial charge in [-0.25, -0.2) is 0 Å². The number of anilines is 1. The zero-order valence-corrected chi connectivity index (χ0v) is 7.78. The molecule has 1 heterocycles. The van der Waals surface area contributed by atoms with Gasteiger partial charge in [-0.1, -0.05) is 0 Å². The Balaban J connectivity index is 2.02. The number of hydrogen-bond donors (Lipinski definition) is 1. The van der Waals surface area contributed by atoms with Gasteiger partial charge in [0.15, 0.2) is 0 Å². The van der Waals surface area contributed by atoms with E-state index in [0.717, 1.165) is 24.1 Å². The third kappa shape index (κ3) is 1.50. The molecule has 1 aliphatic rings. The van der Waals surface area contributed by atoms with E-state index >= 15 is 0 Å². The summed E-state index contributed by atoms with van der Waals surface area (Å²) in [6.07, 6.45) is 2.13. The molecule has 64 valence electrons. The van der Waals surface area contributed by atoms with Crippen LogP contribution in [0.1, 0.15) is 18.4 Å². The van der Waals surface area contributed by atoms with Crippen molar-refractivity contribution in [2.24, 2.45) is 5.92 Å². The molecule has 0 bridgehead atoms. The fourth-order valence-corrected chi connectivity index (χ4v) is 1.85. The van der Waals surface area contributed by atoms with Crippen molar-refractivity contribution in [1.29, 1.82) is 0 Å². The van der Waals surface area contributed by atoms with E-state index in [1.165, 1.54) is 0 Å². The summed E-state index contributed by atoms with van der Waals surface area (Å²) in [6, 6.07) is 0. The van der Waals surface area contributed by atoms with Crippen LogP contribution in [0.15, 0.2) is 10.8 Å². The average Bonchev–Trinajstić information content (AvgIpc) is 2.80. The van der Waals surface area contributed by atoms with Crippen LogP contribution in [0.4, 0.5) is 5.69 Å². The number of carbonyl (C=O) groups is 1.